The summed E-state index contributed by atoms with van der Waals surface area (Å²) in [6.45, 7) is 1.10. The summed E-state index contributed by atoms with van der Waals surface area (Å²) in [5.74, 6) is -1.26. The summed E-state index contributed by atoms with van der Waals surface area (Å²) in [7, 11) is 0. The molecule has 2 aliphatic heterocycles. The predicted molar refractivity (Wildman–Crippen MR) is 112 cm³/mol. The number of carbonyl (C=O) groups is 2. The molecule has 2 aromatic carbocycles. The van der Waals surface area contributed by atoms with E-state index in [1.165, 1.54) is 30.3 Å². The fourth-order valence-corrected chi connectivity index (χ4v) is 5.07. The molecule has 1 spiro atoms. The van der Waals surface area contributed by atoms with Gasteiger partial charge in [0.15, 0.2) is 0 Å². The standard InChI is InChI=1S/C22H17Cl2F3N2O2/c23-14-11-15-19(17(24)12-14)21(7-9-28-10-8-21)29(20(15)31)18(30)6-5-13-3-1-2-4-16(13)22(25,26)27/h1-6,11-12,28H,7-10H2/b6-5+. The van der Waals surface area contributed by atoms with Gasteiger partial charge in [-0.05, 0) is 55.8 Å². The number of carbonyl (C=O) groups excluding carboxylic acids is 2. The Morgan fingerprint density at radius 3 is 2.48 bits per heavy atom. The van der Waals surface area contributed by atoms with Crippen LogP contribution in [0.15, 0.2) is 42.5 Å². The Labute approximate surface area is 186 Å². The number of fused-ring (bicyclic) bond motifs is 2. The van der Waals surface area contributed by atoms with Crippen molar-refractivity contribution in [3.63, 3.8) is 0 Å². The SMILES string of the molecule is O=C(/C=C/c1ccccc1C(F)(F)F)N1C(=O)c2cc(Cl)cc(Cl)c2C12CCNCC2. The highest BCUT2D eigenvalue weighted by atomic mass is 35.5. The second-order valence-electron chi connectivity index (χ2n) is 7.49. The van der Waals surface area contributed by atoms with Crippen molar-refractivity contribution in [1.82, 2.24) is 10.2 Å². The quantitative estimate of drug-likeness (QED) is 0.609. The van der Waals surface area contributed by atoms with Crippen LogP contribution in [0.25, 0.3) is 6.08 Å². The molecule has 2 heterocycles. The largest absolute Gasteiger partial charge is 0.416 e. The van der Waals surface area contributed by atoms with Crippen molar-refractivity contribution in [1.29, 1.82) is 0 Å². The summed E-state index contributed by atoms with van der Waals surface area (Å²) >= 11 is 12.5. The number of hydrogen-bond acceptors (Lipinski definition) is 3. The number of benzene rings is 2. The molecular formula is C22H17Cl2F3N2O2. The van der Waals surface area contributed by atoms with Crippen LogP contribution in [0.4, 0.5) is 13.2 Å². The minimum atomic E-state index is -4.57. The van der Waals surface area contributed by atoms with Crippen molar-refractivity contribution in [2.45, 2.75) is 24.6 Å². The average molecular weight is 469 g/mol. The lowest BCUT2D eigenvalue weighted by atomic mass is 9.81. The van der Waals surface area contributed by atoms with E-state index in [4.69, 9.17) is 23.2 Å². The monoisotopic (exact) mass is 468 g/mol. The van der Waals surface area contributed by atoms with E-state index < -0.39 is 29.1 Å². The fourth-order valence-electron chi connectivity index (χ4n) is 4.40. The average Bonchev–Trinajstić information content (AvgIpc) is 2.94. The van der Waals surface area contributed by atoms with E-state index in [2.05, 4.69) is 5.32 Å². The number of imide groups is 1. The summed E-state index contributed by atoms with van der Waals surface area (Å²) in [5, 5.41) is 3.75. The molecule has 0 aromatic heterocycles. The van der Waals surface area contributed by atoms with Crippen LogP contribution in [-0.4, -0.2) is 29.8 Å². The van der Waals surface area contributed by atoms with Gasteiger partial charge >= 0.3 is 6.18 Å². The maximum atomic E-state index is 13.3. The van der Waals surface area contributed by atoms with E-state index in [0.717, 1.165) is 23.1 Å². The highest BCUT2D eigenvalue weighted by Crippen LogP contribution is 2.49. The van der Waals surface area contributed by atoms with Gasteiger partial charge in [-0.15, -0.1) is 0 Å². The van der Waals surface area contributed by atoms with Crippen LogP contribution in [0, 0.1) is 0 Å². The van der Waals surface area contributed by atoms with Gasteiger partial charge in [-0.2, -0.15) is 13.2 Å². The lowest BCUT2D eigenvalue weighted by Gasteiger charge is -2.41. The van der Waals surface area contributed by atoms with Gasteiger partial charge in [0.1, 0.15) is 0 Å². The number of rotatable bonds is 2. The van der Waals surface area contributed by atoms with Crippen molar-refractivity contribution in [3.05, 3.63) is 74.8 Å². The van der Waals surface area contributed by atoms with Crippen molar-refractivity contribution < 1.29 is 22.8 Å². The molecule has 0 saturated carbocycles. The van der Waals surface area contributed by atoms with E-state index in [1.807, 2.05) is 0 Å². The van der Waals surface area contributed by atoms with E-state index in [1.54, 1.807) is 0 Å². The molecular weight excluding hydrogens is 452 g/mol. The lowest BCUT2D eigenvalue weighted by Crippen LogP contribution is -2.52. The van der Waals surface area contributed by atoms with Gasteiger partial charge in [0.05, 0.1) is 11.1 Å². The topological polar surface area (TPSA) is 49.4 Å². The Balaban J connectivity index is 1.76. The van der Waals surface area contributed by atoms with Gasteiger partial charge in [0.2, 0.25) is 0 Å². The second kappa shape index (κ2) is 7.97. The highest BCUT2D eigenvalue weighted by molar-refractivity contribution is 6.36. The van der Waals surface area contributed by atoms with Gasteiger partial charge in [0, 0.05) is 27.2 Å². The van der Waals surface area contributed by atoms with Gasteiger partial charge in [-0.25, -0.2) is 0 Å². The summed E-state index contributed by atoms with van der Waals surface area (Å²) < 4.78 is 39.8. The molecule has 9 heteroatoms. The number of alkyl halides is 3. The third kappa shape index (κ3) is 3.75. The first-order valence-corrected chi connectivity index (χ1v) is 10.3. The molecule has 1 fully saturated rings. The molecule has 2 amide bonds. The molecule has 0 aliphatic carbocycles. The third-order valence-electron chi connectivity index (χ3n) is 5.70. The zero-order valence-corrected chi connectivity index (χ0v) is 17.6. The van der Waals surface area contributed by atoms with Crippen LogP contribution in [0.5, 0.6) is 0 Å². The number of nitrogens with zero attached hydrogens (tertiary/aromatic N) is 1. The molecule has 0 atom stereocenters. The first-order valence-electron chi connectivity index (χ1n) is 9.58. The zero-order valence-electron chi connectivity index (χ0n) is 16.1. The first kappa shape index (κ1) is 21.9. The van der Waals surface area contributed by atoms with Gasteiger partial charge in [-0.3, -0.25) is 14.5 Å². The zero-order chi connectivity index (χ0) is 22.4. The van der Waals surface area contributed by atoms with Gasteiger partial charge in [-0.1, -0.05) is 41.4 Å². The van der Waals surface area contributed by atoms with Gasteiger partial charge < -0.3 is 5.32 Å². The van der Waals surface area contributed by atoms with Crippen LogP contribution in [-0.2, 0) is 16.5 Å². The maximum absolute atomic E-state index is 13.3. The number of halogens is 5. The van der Waals surface area contributed by atoms with Crippen LogP contribution in [0.3, 0.4) is 0 Å². The molecule has 0 unspecified atom stereocenters. The van der Waals surface area contributed by atoms with Crippen molar-refractivity contribution >= 4 is 41.1 Å². The molecule has 162 valence electrons. The Hall–Kier alpha value is -2.35. The van der Waals surface area contributed by atoms with Crippen molar-refractivity contribution in [3.8, 4) is 0 Å². The molecule has 2 aliphatic rings. The van der Waals surface area contributed by atoms with Crippen molar-refractivity contribution in [2.75, 3.05) is 13.1 Å². The number of nitrogens with one attached hydrogen (secondary N) is 1. The normalized spacial score (nSPS) is 18.1. The van der Waals surface area contributed by atoms with Gasteiger partial charge in [0.25, 0.3) is 11.8 Å². The summed E-state index contributed by atoms with van der Waals surface area (Å²) in [6.07, 6.45) is -1.60. The van der Waals surface area contributed by atoms with Crippen LogP contribution in [0.1, 0.15) is 39.9 Å². The van der Waals surface area contributed by atoms with Crippen LogP contribution >= 0.6 is 23.2 Å². The molecule has 2 aromatic rings. The third-order valence-corrected chi connectivity index (χ3v) is 6.22. The summed E-state index contributed by atoms with van der Waals surface area (Å²) in [5.41, 5.74) is -1.20. The lowest BCUT2D eigenvalue weighted by molar-refractivity contribution is -0.137. The Bertz CT molecular complexity index is 1090. The molecule has 4 nitrogen and oxygen atoms in total. The Morgan fingerprint density at radius 1 is 1.13 bits per heavy atom. The fraction of sp³-hybridized carbons (Fsp3) is 0.273. The molecule has 0 bridgehead atoms. The number of amides is 2. The Morgan fingerprint density at radius 2 is 1.81 bits per heavy atom. The Kier molecular flexibility index (Phi) is 5.62. The van der Waals surface area contributed by atoms with E-state index in [-0.39, 0.29) is 16.1 Å². The minimum Gasteiger partial charge on any atom is -0.317 e. The highest BCUT2D eigenvalue weighted by Gasteiger charge is 2.53. The number of piperidine rings is 1. The molecule has 1 saturated heterocycles. The van der Waals surface area contributed by atoms with Crippen LogP contribution in [0.2, 0.25) is 10.0 Å². The smallest absolute Gasteiger partial charge is 0.317 e. The second-order valence-corrected chi connectivity index (χ2v) is 8.33. The maximum Gasteiger partial charge on any atom is 0.416 e. The molecule has 4 rings (SSSR count). The molecule has 1 N–H and O–H groups in total. The van der Waals surface area contributed by atoms with Crippen LogP contribution < -0.4 is 5.32 Å². The number of hydrogen-bond donors (Lipinski definition) is 1. The van der Waals surface area contributed by atoms with E-state index >= 15 is 0 Å². The minimum absolute atomic E-state index is 0.159. The molecule has 31 heavy (non-hydrogen) atoms. The van der Waals surface area contributed by atoms with Crippen molar-refractivity contribution in [2.24, 2.45) is 0 Å². The first-order chi connectivity index (χ1) is 14.6. The molecule has 0 radical (unpaired) electrons. The van der Waals surface area contributed by atoms with E-state index in [0.29, 0.717) is 36.5 Å². The van der Waals surface area contributed by atoms with E-state index in [9.17, 15) is 22.8 Å². The summed E-state index contributed by atoms with van der Waals surface area (Å²) in [4.78, 5) is 27.5. The summed E-state index contributed by atoms with van der Waals surface area (Å²) in [6, 6.07) is 7.94. The predicted octanol–water partition coefficient (Wildman–Crippen LogP) is 5.29.